The highest BCUT2D eigenvalue weighted by Crippen LogP contribution is 2.26. The van der Waals surface area contributed by atoms with Crippen LogP contribution in [0, 0.1) is 5.92 Å². The topological polar surface area (TPSA) is 75.0 Å². The summed E-state index contributed by atoms with van der Waals surface area (Å²) in [6, 6.07) is 10.6. The van der Waals surface area contributed by atoms with Crippen LogP contribution in [0.15, 0.2) is 41.5 Å². The summed E-state index contributed by atoms with van der Waals surface area (Å²) >= 11 is 0. The molecule has 1 aromatic carbocycles. The Balaban J connectivity index is 1.63. The molecule has 1 aliphatic rings. The number of piperidine rings is 1. The fraction of sp³-hybridized carbons (Fsp3) is 0.375. The van der Waals surface area contributed by atoms with Gasteiger partial charge in [0.1, 0.15) is 5.69 Å². The molecule has 3 rings (SSSR count). The number of nitrogen functional groups attached to an aromatic ring is 1. The summed E-state index contributed by atoms with van der Waals surface area (Å²) in [6.07, 6.45) is 4.74. The molecule has 2 heterocycles. The van der Waals surface area contributed by atoms with Gasteiger partial charge in [-0.25, -0.2) is 4.98 Å². The van der Waals surface area contributed by atoms with Gasteiger partial charge in [0.25, 0.3) is 5.56 Å². The zero-order valence-corrected chi connectivity index (χ0v) is 12.0. The van der Waals surface area contributed by atoms with Gasteiger partial charge in [0.2, 0.25) is 0 Å². The number of H-pyrrole nitrogens is 1. The fourth-order valence-corrected chi connectivity index (χ4v) is 2.95. The first kappa shape index (κ1) is 13.7. The van der Waals surface area contributed by atoms with Gasteiger partial charge < -0.3 is 15.6 Å². The van der Waals surface area contributed by atoms with Crippen LogP contribution < -0.4 is 16.2 Å². The summed E-state index contributed by atoms with van der Waals surface area (Å²) in [7, 11) is 0. The monoisotopic (exact) mass is 284 g/mol. The van der Waals surface area contributed by atoms with E-state index in [1.54, 1.807) is 0 Å². The van der Waals surface area contributed by atoms with Crippen LogP contribution in [0.1, 0.15) is 18.4 Å². The smallest absolute Gasteiger partial charge is 0.276 e. The van der Waals surface area contributed by atoms with Crippen LogP contribution >= 0.6 is 0 Å². The van der Waals surface area contributed by atoms with Crippen molar-refractivity contribution in [2.75, 3.05) is 23.7 Å². The molecular formula is C16H20N4O. The van der Waals surface area contributed by atoms with E-state index in [1.807, 2.05) is 6.07 Å². The van der Waals surface area contributed by atoms with Crippen molar-refractivity contribution in [2.24, 2.45) is 5.92 Å². The van der Waals surface area contributed by atoms with E-state index >= 15 is 0 Å². The zero-order valence-electron chi connectivity index (χ0n) is 12.0. The van der Waals surface area contributed by atoms with E-state index in [0.29, 0.717) is 11.7 Å². The van der Waals surface area contributed by atoms with Crippen LogP contribution in [-0.4, -0.2) is 23.1 Å². The molecule has 0 atom stereocenters. The number of hydrogen-bond donors (Lipinski definition) is 2. The number of hydrogen-bond acceptors (Lipinski definition) is 4. The molecule has 21 heavy (non-hydrogen) atoms. The number of aromatic nitrogens is 2. The normalized spacial score (nSPS) is 16.1. The lowest BCUT2D eigenvalue weighted by Gasteiger charge is -2.33. The lowest BCUT2D eigenvalue weighted by Crippen LogP contribution is -2.36. The van der Waals surface area contributed by atoms with Crippen molar-refractivity contribution in [2.45, 2.75) is 19.3 Å². The average Bonchev–Trinajstić information content (AvgIpc) is 2.52. The van der Waals surface area contributed by atoms with E-state index in [9.17, 15) is 4.79 Å². The van der Waals surface area contributed by atoms with Crippen LogP contribution in [0.5, 0.6) is 0 Å². The highest BCUT2D eigenvalue weighted by molar-refractivity contribution is 5.60. The van der Waals surface area contributed by atoms with Gasteiger partial charge in [-0.1, -0.05) is 30.3 Å². The van der Waals surface area contributed by atoms with Gasteiger partial charge in [-0.05, 0) is 30.7 Å². The minimum atomic E-state index is -0.258. The zero-order chi connectivity index (χ0) is 14.7. The maximum Gasteiger partial charge on any atom is 0.276 e. The van der Waals surface area contributed by atoms with E-state index in [1.165, 1.54) is 11.9 Å². The molecule has 3 N–H and O–H groups in total. The van der Waals surface area contributed by atoms with Gasteiger partial charge in [-0.15, -0.1) is 0 Å². The summed E-state index contributed by atoms with van der Waals surface area (Å²) in [6.45, 7) is 1.80. The van der Waals surface area contributed by atoms with Gasteiger partial charge in [0, 0.05) is 13.1 Å². The van der Waals surface area contributed by atoms with Gasteiger partial charge in [-0.2, -0.15) is 0 Å². The van der Waals surface area contributed by atoms with Crippen LogP contribution in [0.2, 0.25) is 0 Å². The Bertz CT molecular complexity index is 645. The van der Waals surface area contributed by atoms with Crippen molar-refractivity contribution in [1.29, 1.82) is 0 Å². The number of nitrogens with two attached hydrogens (primary N) is 1. The summed E-state index contributed by atoms with van der Waals surface area (Å²) < 4.78 is 0. The standard InChI is InChI=1S/C16H20N4O/c17-14-15(18-11-19-16(14)21)20-8-6-13(7-9-20)10-12-4-2-1-3-5-12/h1-5,11,13H,6-10,17H2,(H,18,19,21). The van der Waals surface area contributed by atoms with Crippen LogP contribution in [0.4, 0.5) is 11.5 Å². The molecule has 0 unspecified atom stereocenters. The number of benzene rings is 1. The third-order valence-corrected chi connectivity index (χ3v) is 4.15. The Hall–Kier alpha value is -2.30. The van der Waals surface area contributed by atoms with Gasteiger partial charge in [0.05, 0.1) is 6.33 Å². The van der Waals surface area contributed by atoms with Crippen molar-refractivity contribution >= 4 is 11.5 Å². The van der Waals surface area contributed by atoms with Crippen molar-refractivity contribution in [1.82, 2.24) is 9.97 Å². The van der Waals surface area contributed by atoms with Gasteiger partial charge >= 0.3 is 0 Å². The Labute approximate surface area is 123 Å². The minimum absolute atomic E-state index is 0.221. The molecule has 5 heteroatoms. The molecule has 110 valence electrons. The van der Waals surface area contributed by atoms with Gasteiger partial charge in [0.15, 0.2) is 5.82 Å². The van der Waals surface area contributed by atoms with E-state index < -0.39 is 0 Å². The molecule has 0 radical (unpaired) electrons. The lowest BCUT2D eigenvalue weighted by molar-refractivity contribution is 0.402. The third-order valence-electron chi connectivity index (χ3n) is 4.15. The second-order valence-electron chi connectivity index (χ2n) is 5.59. The Kier molecular flexibility index (Phi) is 3.90. The quantitative estimate of drug-likeness (QED) is 0.901. The maximum atomic E-state index is 11.5. The number of nitrogens with one attached hydrogen (secondary N) is 1. The molecule has 2 aromatic rings. The van der Waals surface area contributed by atoms with Crippen molar-refractivity contribution in [3.8, 4) is 0 Å². The van der Waals surface area contributed by atoms with Crippen molar-refractivity contribution in [3.05, 3.63) is 52.6 Å². The fourth-order valence-electron chi connectivity index (χ4n) is 2.95. The molecule has 1 saturated heterocycles. The summed E-state index contributed by atoms with van der Waals surface area (Å²) in [5.74, 6) is 1.31. The van der Waals surface area contributed by atoms with E-state index in [0.717, 1.165) is 32.4 Å². The van der Waals surface area contributed by atoms with Crippen LogP contribution in [0.3, 0.4) is 0 Å². The molecule has 0 amide bonds. The first-order chi connectivity index (χ1) is 10.2. The Morgan fingerprint density at radius 2 is 1.95 bits per heavy atom. The maximum absolute atomic E-state index is 11.5. The molecule has 1 aromatic heterocycles. The number of anilines is 2. The molecule has 5 nitrogen and oxygen atoms in total. The van der Waals surface area contributed by atoms with Gasteiger partial charge in [-0.3, -0.25) is 4.79 Å². The summed E-state index contributed by atoms with van der Waals surface area (Å²) in [5.41, 5.74) is 7.18. The predicted octanol–water partition coefficient (Wildman–Crippen LogP) is 1.81. The molecule has 1 fully saturated rings. The highest BCUT2D eigenvalue weighted by atomic mass is 16.1. The SMILES string of the molecule is Nc1c(N2CCC(Cc3ccccc3)CC2)nc[nH]c1=O. The minimum Gasteiger partial charge on any atom is -0.391 e. The summed E-state index contributed by atoms with van der Waals surface area (Å²) in [5, 5.41) is 0. The van der Waals surface area contributed by atoms with Crippen LogP contribution in [0.25, 0.3) is 0 Å². The second-order valence-corrected chi connectivity index (χ2v) is 5.59. The Morgan fingerprint density at radius 3 is 2.67 bits per heavy atom. The molecule has 1 aliphatic heterocycles. The van der Waals surface area contributed by atoms with E-state index in [2.05, 4.69) is 39.1 Å². The van der Waals surface area contributed by atoms with E-state index in [4.69, 9.17) is 5.73 Å². The van der Waals surface area contributed by atoms with Crippen molar-refractivity contribution in [3.63, 3.8) is 0 Å². The van der Waals surface area contributed by atoms with Crippen LogP contribution in [-0.2, 0) is 6.42 Å². The van der Waals surface area contributed by atoms with E-state index in [-0.39, 0.29) is 11.2 Å². The predicted molar refractivity (Wildman–Crippen MR) is 84.4 cm³/mol. The second kappa shape index (κ2) is 5.99. The first-order valence-corrected chi connectivity index (χ1v) is 7.36. The highest BCUT2D eigenvalue weighted by Gasteiger charge is 2.22. The largest absolute Gasteiger partial charge is 0.391 e. The Morgan fingerprint density at radius 1 is 1.24 bits per heavy atom. The third kappa shape index (κ3) is 3.07. The average molecular weight is 284 g/mol. The lowest BCUT2D eigenvalue weighted by atomic mass is 9.90. The molecule has 0 saturated carbocycles. The molecule has 0 spiro atoms. The van der Waals surface area contributed by atoms with Crippen molar-refractivity contribution < 1.29 is 0 Å². The molecular weight excluding hydrogens is 264 g/mol. The summed E-state index contributed by atoms with van der Waals surface area (Å²) in [4.78, 5) is 20.4. The molecule has 0 bridgehead atoms. The number of aromatic amines is 1. The number of nitrogens with zero attached hydrogens (tertiary/aromatic N) is 2. The number of rotatable bonds is 3. The molecule has 0 aliphatic carbocycles. The first-order valence-electron chi connectivity index (χ1n) is 7.36.